The van der Waals surface area contributed by atoms with E-state index < -0.39 is 65.0 Å². The predicted octanol–water partition coefficient (Wildman–Crippen LogP) is -0.111. The number of amides is 5. The molecule has 2 saturated heterocycles. The number of ketones is 1. The normalized spacial score (nSPS) is 27.1. The lowest BCUT2D eigenvalue weighted by Gasteiger charge is -2.38. The van der Waals surface area contributed by atoms with Gasteiger partial charge in [0.15, 0.2) is 0 Å². The van der Waals surface area contributed by atoms with Gasteiger partial charge in [-0.15, -0.1) is 0 Å². The molecule has 3 aliphatic rings. The number of likely N-dealkylation sites (N-methyl/N-ethyl adjacent to an activating group) is 1. The van der Waals surface area contributed by atoms with Crippen LogP contribution in [-0.4, -0.2) is 84.7 Å². The highest BCUT2D eigenvalue weighted by atomic mass is 19.4. The van der Waals surface area contributed by atoms with Crippen molar-refractivity contribution in [3.63, 3.8) is 0 Å². The fraction of sp³-hybridized carbons (Fsp3) is 0.760. The third-order valence-corrected chi connectivity index (χ3v) is 8.17. The number of carbonyl (C=O) groups excluding carboxylic acids is 6. The lowest BCUT2D eigenvalue weighted by atomic mass is 9.85. The summed E-state index contributed by atoms with van der Waals surface area (Å²) < 4.78 is 39.1. The van der Waals surface area contributed by atoms with Crippen molar-refractivity contribution in [1.82, 2.24) is 26.2 Å². The van der Waals surface area contributed by atoms with E-state index in [-0.39, 0.29) is 36.1 Å². The summed E-state index contributed by atoms with van der Waals surface area (Å²) in [5.41, 5.74) is -1.49. The van der Waals surface area contributed by atoms with Gasteiger partial charge in [0.2, 0.25) is 23.5 Å². The number of rotatable bonds is 8. The zero-order chi connectivity index (χ0) is 29.7. The van der Waals surface area contributed by atoms with Gasteiger partial charge in [0, 0.05) is 26.1 Å². The molecule has 3 fully saturated rings. The minimum atomic E-state index is -5.21. The average molecular weight is 560 g/mol. The fourth-order valence-corrected chi connectivity index (χ4v) is 5.77. The van der Waals surface area contributed by atoms with E-state index in [0.717, 1.165) is 4.90 Å². The number of likely N-dealkylation sites (tertiary alicyclic amines) is 1. The van der Waals surface area contributed by atoms with Crippen molar-refractivity contribution in [2.24, 2.45) is 28.6 Å². The zero-order valence-electron chi connectivity index (χ0n) is 22.8. The molecule has 0 bridgehead atoms. The fourth-order valence-electron chi connectivity index (χ4n) is 5.77. The minimum absolute atomic E-state index is 0.0716. The number of nitrogens with one attached hydrogen (secondary N) is 4. The molecule has 6 atom stereocenters. The van der Waals surface area contributed by atoms with E-state index in [1.165, 1.54) is 27.8 Å². The van der Waals surface area contributed by atoms with Gasteiger partial charge in [-0.25, -0.2) is 0 Å². The van der Waals surface area contributed by atoms with Crippen LogP contribution in [0.1, 0.15) is 47.5 Å². The van der Waals surface area contributed by atoms with E-state index in [1.54, 1.807) is 5.32 Å². The Morgan fingerprint density at radius 3 is 2.21 bits per heavy atom. The van der Waals surface area contributed by atoms with Crippen molar-refractivity contribution in [1.29, 1.82) is 0 Å². The molecular formula is C25H36F3N5O6. The molecule has 218 valence electrons. The predicted molar refractivity (Wildman–Crippen MR) is 130 cm³/mol. The van der Waals surface area contributed by atoms with Crippen molar-refractivity contribution in [3.05, 3.63) is 0 Å². The molecule has 14 heteroatoms. The number of Topliss-reactive ketones (excluding diaryl/α,β-unsaturated/α-hetero) is 1. The van der Waals surface area contributed by atoms with E-state index in [4.69, 9.17) is 0 Å². The summed E-state index contributed by atoms with van der Waals surface area (Å²) in [7, 11) is 1.25. The monoisotopic (exact) mass is 559 g/mol. The van der Waals surface area contributed by atoms with Gasteiger partial charge in [0.05, 0.1) is 6.04 Å². The van der Waals surface area contributed by atoms with E-state index in [9.17, 15) is 41.9 Å². The summed E-state index contributed by atoms with van der Waals surface area (Å²) in [6, 6.07) is -4.09. The maximum absolute atomic E-state index is 13.7. The summed E-state index contributed by atoms with van der Waals surface area (Å²) in [6.07, 6.45) is -4.94. The Bertz CT molecular complexity index is 1070. The number of fused-ring (bicyclic) bond motifs is 1. The van der Waals surface area contributed by atoms with Gasteiger partial charge in [-0.05, 0) is 35.5 Å². The smallest absolute Gasteiger partial charge is 0.356 e. The molecular weight excluding hydrogens is 523 g/mol. The molecule has 0 aromatic heterocycles. The molecule has 0 radical (unpaired) electrons. The van der Waals surface area contributed by atoms with Crippen LogP contribution >= 0.6 is 0 Å². The first-order valence-electron chi connectivity index (χ1n) is 12.8. The van der Waals surface area contributed by atoms with Crippen LogP contribution in [0.5, 0.6) is 0 Å². The second kappa shape index (κ2) is 10.4. The van der Waals surface area contributed by atoms with Crippen LogP contribution < -0.4 is 21.3 Å². The molecule has 0 aromatic rings. The first-order valence-corrected chi connectivity index (χ1v) is 12.8. The summed E-state index contributed by atoms with van der Waals surface area (Å²) in [4.78, 5) is 77.3. The van der Waals surface area contributed by atoms with Crippen LogP contribution in [0.15, 0.2) is 0 Å². The number of piperidine rings is 1. The Morgan fingerprint density at radius 1 is 1.10 bits per heavy atom. The Labute approximate surface area is 224 Å². The van der Waals surface area contributed by atoms with Crippen molar-refractivity contribution < 1.29 is 41.9 Å². The van der Waals surface area contributed by atoms with Gasteiger partial charge in [-0.2, -0.15) is 13.2 Å². The SMILES string of the molecule is CNC(=O)C(=O)C(C[C@@H]1CCNC1=O)NC(=O)[C@@H]1[C@@H]2[C@H](CN1C(=O)C(NC(=O)C(F)(F)F)C(C)(C)C)C2(C)C. The third-order valence-electron chi connectivity index (χ3n) is 8.17. The van der Waals surface area contributed by atoms with E-state index in [1.807, 2.05) is 13.8 Å². The molecule has 1 saturated carbocycles. The number of hydrogen-bond acceptors (Lipinski definition) is 6. The zero-order valence-corrected chi connectivity index (χ0v) is 22.8. The van der Waals surface area contributed by atoms with E-state index in [2.05, 4.69) is 16.0 Å². The average Bonchev–Trinajstić information content (AvgIpc) is 3.18. The molecule has 2 unspecified atom stereocenters. The molecule has 11 nitrogen and oxygen atoms in total. The Balaban J connectivity index is 1.89. The maximum Gasteiger partial charge on any atom is 0.471 e. The van der Waals surface area contributed by atoms with Gasteiger partial charge in [-0.3, -0.25) is 28.8 Å². The lowest BCUT2D eigenvalue weighted by molar-refractivity contribution is -0.176. The van der Waals surface area contributed by atoms with Crippen LogP contribution in [0, 0.1) is 28.6 Å². The summed E-state index contributed by atoms with van der Waals surface area (Å²) in [5.74, 6) is -7.22. The molecule has 39 heavy (non-hydrogen) atoms. The van der Waals surface area contributed by atoms with Crippen LogP contribution in [0.2, 0.25) is 0 Å². The highest BCUT2D eigenvalue weighted by molar-refractivity contribution is 6.38. The number of alkyl halides is 3. The number of halogens is 3. The van der Waals surface area contributed by atoms with Gasteiger partial charge >= 0.3 is 12.1 Å². The second-order valence-corrected chi connectivity index (χ2v) is 12.2. The maximum atomic E-state index is 13.7. The Kier molecular flexibility index (Phi) is 8.11. The highest BCUT2D eigenvalue weighted by Gasteiger charge is 2.70. The molecule has 3 rings (SSSR count). The summed E-state index contributed by atoms with van der Waals surface area (Å²) >= 11 is 0. The highest BCUT2D eigenvalue weighted by Crippen LogP contribution is 2.65. The Morgan fingerprint density at radius 2 is 1.72 bits per heavy atom. The van der Waals surface area contributed by atoms with Crippen molar-refractivity contribution in [2.45, 2.75) is 71.8 Å². The van der Waals surface area contributed by atoms with Gasteiger partial charge in [0.1, 0.15) is 12.1 Å². The van der Waals surface area contributed by atoms with Crippen LogP contribution in [0.25, 0.3) is 0 Å². The standard InChI is InChI=1S/C25H36F3N5O6/c1-23(2,3)17(32-22(39)25(26,27)28)21(38)33-10-12-14(24(12,4)5)15(33)19(36)31-13(16(34)20(37)29-6)9-11-7-8-30-18(11)35/h11-15,17H,7-10H2,1-6H3,(H,29,37)(H,30,35)(H,31,36)(H,32,39)/t11-,12-,13?,14-,15-,17?/m0/s1. The number of carbonyl (C=O) groups is 6. The Hall–Kier alpha value is -3.19. The molecule has 0 aromatic carbocycles. The third kappa shape index (κ3) is 6.03. The van der Waals surface area contributed by atoms with E-state index >= 15 is 0 Å². The lowest BCUT2D eigenvalue weighted by Crippen LogP contribution is -2.61. The van der Waals surface area contributed by atoms with Crippen molar-refractivity contribution >= 4 is 35.3 Å². The largest absolute Gasteiger partial charge is 0.471 e. The minimum Gasteiger partial charge on any atom is -0.356 e. The molecule has 1 aliphatic carbocycles. The van der Waals surface area contributed by atoms with Crippen molar-refractivity contribution in [2.75, 3.05) is 20.1 Å². The van der Waals surface area contributed by atoms with Crippen molar-refractivity contribution in [3.8, 4) is 0 Å². The molecule has 5 amide bonds. The van der Waals surface area contributed by atoms with Crippen LogP contribution in [0.4, 0.5) is 13.2 Å². The quantitative estimate of drug-likeness (QED) is 0.305. The van der Waals surface area contributed by atoms with E-state index in [0.29, 0.717) is 13.0 Å². The van der Waals surface area contributed by atoms with Gasteiger partial charge in [-0.1, -0.05) is 34.6 Å². The first kappa shape index (κ1) is 30.4. The van der Waals surface area contributed by atoms with Gasteiger partial charge < -0.3 is 26.2 Å². The first-order chi connectivity index (χ1) is 17.8. The summed E-state index contributed by atoms with van der Waals surface area (Å²) in [5, 5.41) is 9.17. The molecule has 0 spiro atoms. The number of hydrogen-bond donors (Lipinski definition) is 4. The summed E-state index contributed by atoms with van der Waals surface area (Å²) in [6.45, 7) is 8.73. The van der Waals surface area contributed by atoms with Crippen LogP contribution in [0.3, 0.4) is 0 Å². The van der Waals surface area contributed by atoms with Gasteiger partial charge in [0.25, 0.3) is 5.91 Å². The molecule has 4 N–H and O–H groups in total. The molecule has 2 aliphatic heterocycles. The number of nitrogens with zero attached hydrogens (tertiary/aromatic N) is 1. The van der Waals surface area contributed by atoms with Crippen LogP contribution in [-0.2, 0) is 28.8 Å². The topological polar surface area (TPSA) is 154 Å². The second-order valence-electron chi connectivity index (χ2n) is 12.2. The molecule has 2 heterocycles.